The van der Waals surface area contributed by atoms with Gasteiger partial charge in [0.05, 0.1) is 18.5 Å². The predicted molar refractivity (Wildman–Crippen MR) is 143 cm³/mol. The van der Waals surface area contributed by atoms with Crippen molar-refractivity contribution in [2.45, 2.75) is 19.8 Å². The molecule has 0 radical (unpaired) electrons. The van der Waals surface area contributed by atoms with E-state index in [9.17, 15) is 23.5 Å². The molecule has 0 aliphatic carbocycles. The summed E-state index contributed by atoms with van der Waals surface area (Å²) < 4.78 is 33.0. The highest BCUT2D eigenvalue weighted by Gasteiger charge is 2.26. The number of aliphatic hydroxyl groups is 1. The standard InChI is InChI=1S/C28H26F2N6O4/c1-16-4-5-20(34-27(39)24-13-19(15-33-36-24)28(2,29)30)14-21(16)18-11-22(35-25(12-18)40-9-8-37)17-6-7-32-23(10-17)26(38)31-3/h4-7,10-15,37H,8-9H2,1-3H3,(H,31,38)(H,34,39). The number of aryl methyl sites for hydroxylation is 1. The summed E-state index contributed by atoms with van der Waals surface area (Å²) in [6.07, 6.45) is 2.41. The number of pyridine rings is 2. The van der Waals surface area contributed by atoms with E-state index in [1.54, 1.807) is 42.5 Å². The van der Waals surface area contributed by atoms with E-state index in [1.165, 1.54) is 13.2 Å². The molecule has 40 heavy (non-hydrogen) atoms. The largest absolute Gasteiger partial charge is 0.475 e. The van der Waals surface area contributed by atoms with E-state index in [4.69, 9.17) is 4.74 Å². The number of alkyl halides is 2. The quantitative estimate of drug-likeness (QED) is 0.285. The lowest BCUT2D eigenvalue weighted by Gasteiger charge is -2.14. The smallest absolute Gasteiger partial charge is 0.276 e. The zero-order valence-corrected chi connectivity index (χ0v) is 21.9. The van der Waals surface area contributed by atoms with Crippen LogP contribution < -0.4 is 15.4 Å². The lowest BCUT2D eigenvalue weighted by molar-refractivity contribution is 0.0169. The first-order valence-electron chi connectivity index (χ1n) is 12.2. The summed E-state index contributed by atoms with van der Waals surface area (Å²) in [6, 6.07) is 13.0. The molecule has 10 nitrogen and oxygen atoms in total. The second-order valence-corrected chi connectivity index (χ2v) is 8.86. The molecule has 4 rings (SSSR count). The topological polar surface area (TPSA) is 139 Å². The molecule has 1 aromatic carbocycles. The number of hydrogen-bond donors (Lipinski definition) is 3. The third kappa shape index (κ3) is 6.59. The predicted octanol–water partition coefficient (Wildman–Crippen LogP) is 4.00. The molecule has 0 saturated heterocycles. The molecule has 0 aliphatic heterocycles. The van der Waals surface area contributed by atoms with Crippen molar-refractivity contribution in [1.29, 1.82) is 0 Å². The van der Waals surface area contributed by atoms with Gasteiger partial charge in [-0.15, -0.1) is 5.10 Å². The first-order chi connectivity index (χ1) is 19.1. The monoisotopic (exact) mass is 548 g/mol. The van der Waals surface area contributed by atoms with Gasteiger partial charge in [0.25, 0.3) is 17.7 Å². The number of nitrogens with one attached hydrogen (secondary N) is 2. The van der Waals surface area contributed by atoms with Crippen molar-refractivity contribution >= 4 is 17.5 Å². The molecule has 3 N–H and O–H groups in total. The van der Waals surface area contributed by atoms with Gasteiger partial charge in [0.15, 0.2) is 5.69 Å². The Balaban J connectivity index is 1.71. The van der Waals surface area contributed by atoms with Gasteiger partial charge in [-0.1, -0.05) is 6.07 Å². The van der Waals surface area contributed by atoms with Crippen molar-refractivity contribution in [3.05, 3.63) is 83.4 Å². The van der Waals surface area contributed by atoms with Crippen LogP contribution in [-0.4, -0.2) is 57.3 Å². The van der Waals surface area contributed by atoms with Crippen LogP contribution in [0, 0.1) is 6.92 Å². The van der Waals surface area contributed by atoms with Crippen LogP contribution in [0.1, 0.15) is 39.0 Å². The summed E-state index contributed by atoms with van der Waals surface area (Å²) in [5, 5.41) is 21.7. The summed E-state index contributed by atoms with van der Waals surface area (Å²) in [5.74, 6) is -3.99. The van der Waals surface area contributed by atoms with E-state index in [2.05, 4.69) is 30.8 Å². The van der Waals surface area contributed by atoms with Gasteiger partial charge in [0, 0.05) is 43.0 Å². The minimum absolute atomic E-state index is 0.0156. The minimum Gasteiger partial charge on any atom is -0.475 e. The summed E-state index contributed by atoms with van der Waals surface area (Å²) in [4.78, 5) is 33.5. The van der Waals surface area contributed by atoms with E-state index in [0.717, 1.165) is 23.4 Å². The van der Waals surface area contributed by atoms with Crippen molar-refractivity contribution in [3.63, 3.8) is 0 Å². The Kier molecular flexibility index (Phi) is 8.39. The van der Waals surface area contributed by atoms with Crippen molar-refractivity contribution in [1.82, 2.24) is 25.5 Å². The van der Waals surface area contributed by atoms with Crippen LogP contribution in [0.25, 0.3) is 22.4 Å². The molecule has 0 unspecified atom stereocenters. The molecule has 0 fully saturated rings. The van der Waals surface area contributed by atoms with Gasteiger partial charge in [-0.3, -0.25) is 14.6 Å². The van der Waals surface area contributed by atoms with Gasteiger partial charge >= 0.3 is 0 Å². The van der Waals surface area contributed by atoms with Gasteiger partial charge in [-0.25, -0.2) is 13.8 Å². The third-order valence-corrected chi connectivity index (χ3v) is 5.86. The van der Waals surface area contributed by atoms with E-state index in [-0.39, 0.29) is 36.4 Å². The highest BCUT2D eigenvalue weighted by Crippen LogP contribution is 2.33. The van der Waals surface area contributed by atoms with E-state index in [1.807, 2.05) is 6.92 Å². The number of hydrogen-bond acceptors (Lipinski definition) is 8. The van der Waals surface area contributed by atoms with Crippen molar-refractivity contribution in [3.8, 4) is 28.3 Å². The number of nitrogens with zero attached hydrogens (tertiary/aromatic N) is 4. The normalized spacial score (nSPS) is 11.2. The number of aromatic nitrogens is 4. The summed E-state index contributed by atoms with van der Waals surface area (Å²) in [5.41, 5.74) is 3.27. The fraction of sp³-hybridized carbons (Fsp3) is 0.214. The SMILES string of the molecule is CNC(=O)c1cc(-c2cc(-c3cc(NC(=O)c4cc(C(C)(F)F)cnn4)ccc3C)cc(OCCO)n2)ccn1. The number of aliphatic hydroxyl groups excluding tert-OH is 1. The number of benzene rings is 1. The van der Waals surface area contributed by atoms with Gasteiger partial charge in [-0.2, -0.15) is 5.10 Å². The Hall–Kier alpha value is -4.84. The molecule has 206 valence electrons. The van der Waals surface area contributed by atoms with Crippen LogP contribution >= 0.6 is 0 Å². The molecule has 0 spiro atoms. The molecule has 2 amide bonds. The molecule has 4 aromatic rings. The number of carbonyl (C=O) groups is 2. The summed E-state index contributed by atoms with van der Waals surface area (Å²) in [6.45, 7) is 2.39. The summed E-state index contributed by atoms with van der Waals surface area (Å²) in [7, 11) is 1.51. The molecule has 0 saturated carbocycles. The van der Waals surface area contributed by atoms with Crippen LogP contribution in [0.4, 0.5) is 14.5 Å². The zero-order chi connectivity index (χ0) is 28.9. The molecule has 0 aliphatic rings. The number of carbonyl (C=O) groups excluding carboxylic acids is 2. The van der Waals surface area contributed by atoms with Crippen molar-refractivity contribution < 1.29 is 28.2 Å². The first kappa shape index (κ1) is 28.2. The van der Waals surface area contributed by atoms with Crippen LogP contribution in [-0.2, 0) is 5.92 Å². The Morgan fingerprint density at radius 3 is 2.55 bits per heavy atom. The summed E-state index contributed by atoms with van der Waals surface area (Å²) >= 11 is 0. The second-order valence-electron chi connectivity index (χ2n) is 8.86. The molecule has 12 heteroatoms. The molecule has 3 aromatic heterocycles. The molecule has 0 bridgehead atoms. The Morgan fingerprint density at radius 1 is 1.02 bits per heavy atom. The van der Waals surface area contributed by atoms with Gasteiger partial charge in [0.2, 0.25) is 5.88 Å². The number of rotatable bonds is 9. The third-order valence-electron chi connectivity index (χ3n) is 5.86. The van der Waals surface area contributed by atoms with Crippen LogP contribution in [0.2, 0.25) is 0 Å². The Bertz CT molecular complexity index is 1560. The molecular formula is C28H26F2N6O4. The highest BCUT2D eigenvalue weighted by atomic mass is 19.3. The molecule has 0 atom stereocenters. The van der Waals surface area contributed by atoms with E-state index >= 15 is 0 Å². The first-order valence-corrected chi connectivity index (χ1v) is 12.2. The van der Waals surface area contributed by atoms with Crippen LogP contribution in [0.5, 0.6) is 5.88 Å². The van der Waals surface area contributed by atoms with Gasteiger partial charge in [-0.05, 0) is 60.0 Å². The second kappa shape index (κ2) is 11.9. The maximum atomic E-state index is 13.7. The maximum absolute atomic E-state index is 13.7. The number of anilines is 1. The Labute approximate surface area is 228 Å². The van der Waals surface area contributed by atoms with E-state index in [0.29, 0.717) is 29.4 Å². The van der Waals surface area contributed by atoms with Gasteiger partial charge < -0.3 is 20.5 Å². The van der Waals surface area contributed by atoms with Gasteiger partial charge in [0.1, 0.15) is 12.3 Å². The van der Waals surface area contributed by atoms with Crippen molar-refractivity contribution in [2.75, 3.05) is 25.6 Å². The fourth-order valence-corrected chi connectivity index (χ4v) is 3.80. The average molecular weight is 549 g/mol. The Morgan fingerprint density at radius 2 is 1.82 bits per heavy atom. The highest BCUT2D eigenvalue weighted by molar-refractivity contribution is 6.03. The fourth-order valence-electron chi connectivity index (χ4n) is 3.80. The van der Waals surface area contributed by atoms with Crippen LogP contribution in [0.15, 0.2) is 60.9 Å². The number of ether oxygens (including phenoxy) is 1. The average Bonchev–Trinajstić information content (AvgIpc) is 2.96. The minimum atomic E-state index is -3.17. The lowest BCUT2D eigenvalue weighted by Crippen LogP contribution is -2.19. The molecular weight excluding hydrogens is 522 g/mol. The van der Waals surface area contributed by atoms with Crippen LogP contribution in [0.3, 0.4) is 0 Å². The number of amides is 2. The molecule has 3 heterocycles. The van der Waals surface area contributed by atoms with E-state index < -0.39 is 17.4 Å². The number of halogens is 2. The maximum Gasteiger partial charge on any atom is 0.276 e. The van der Waals surface area contributed by atoms with Crippen molar-refractivity contribution in [2.24, 2.45) is 0 Å². The lowest BCUT2D eigenvalue weighted by atomic mass is 9.98. The zero-order valence-electron chi connectivity index (χ0n) is 21.9.